The minimum absolute atomic E-state index is 0.362. The van der Waals surface area contributed by atoms with E-state index in [2.05, 4.69) is 5.32 Å². The fourth-order valence-corrected chi connectivity index (χ4v) is 2.38. The van der Waals surface area contributed by atoms with Crippen LogP contribution in [0.15, 0.2) is 36.4 Å². The van der Waals surface area contributed by atoms with Gasteiger partial charge in [-0.05, 0) is 29.8 Å². The molecule has 1 aliphatic rings. The zero-order valence-electron chi connectivity index (χ0n) is 10.8. The zero-order valence-corrected chi connectivity index (χ0v) is 10.8. The quantitative estimate of drug-likeness (QED) is 0.643. The molecule has 3 N–H and O–H groups in total. The molecule has 2 aromatic rings. The predicted octanol–water partition coefficient (Wildman–Crippen LogP) is 1.83. The predicted molar refractivity (Wildman–Crippen MR) is 74.6 cm³/mol. The number of carbonyl (C=O) groups excluding carboxylic acids is 2. The minimum atomic E-state index is -0.398. The van der Waals surface area contributed by atoms with Gasteiger partial charge in [-0.15, -0.1) is 0 Å². The average molecular weight is 268 g/mol. The lowest BCUT2D eigenvalue weighted by molar-refractivity contribution is 0.0880. The molecule has 2 aromatic carbocycles. The largest absolute Gasteiger partial charge is 0.496 e. The van der Waals surface area contributed by atoms with Gasteiger partial charge in [-0.2, -0.15) is 0 Å². The third-order valence-corrected chi connectivity index (χ3v) is 3.28. The summed E-state index contributed by atoms with van der Waals surface area (Å²) in [5.41, 5.74) is 8.42. The van der Waals surface area contributed by atoms with Gasteiger partial charge in [0.05, 0.1) is 18.2 Å². The highest BCUT2D eigenvalue weighted by atomic mass is 16.5. The molecule has 0 fully saturated rings. The maximum absolute atomic E-state index is 12.0. The van der Waals surface area contributed by atoms with Gasteiger partial charge in [0, 0.05) is 11.3 Å². The molecule has 100 valence electrons. The number of hydrogen-bond donors (Lipinski definition) is 2. The van der Waals surface area contributed by atoms with Crippen molar-refractivity contribution in [2.24, 2.45) is 0 Å². The van der Waals surface area contributed by atoms with Gasteiger partial charge < -0.3 is 10.5 Å². The van der Waals surface area contributed by atoms with E-state index in [1.54, 1.807) is 43.5 Å². The fourth-order valence-electron chi connectivity index (χ4n) is 2.38. The van der Waals surface area contributed by atoms with Gasteiger partial charge in [0.2, 0.25) is 0 Å². The van der Waals surface area contributed by atoms with Crippen LogP contribution < -0.4 is 15.8 Å². The Morgan fingerprint density at radius 2 is 1.75 bits per heavy atom. The summed E-state index contributed by atoms with van der Waals surface area (Å²) in [4.78, 5) is 23.6. The van der Waals surface area contributed by atoms with E-state index in [1.165, 1.54) is 0 Å². The molecular formula is C15H12N2O3. The van der Waals surface area contributed by atoms with E-state index in [0.717, 1.165) is 0 Å². The summed E-state index contributed by atoms with van der Waals surface area (Å²) in [5, 5.41) is 2.29. The number of nitrogens with one attached hydrogen (secondary N) is 1. The average Bonchev–Trinajstić information content (AvgIpc) is 2.74. The van der Waals surface area contributed by atoms with Crippen molar-refractivity contribution in [3.63, 3.8) is 0 Å². The van der Waals surface area contributed by atoms with Crippen LogP contribution in [0.1, 0.15) is 20.7 Å². The van der Waals surface area contributed by atoms with Crippen LogP contribution >= 0.6 is 0 Å². The molecule has 0 saturated heterocycles. The lowest BCUT2D eigenvalue weighted by Crippen LogP contribution is -2.20. The number of fused-ring (bicyclic) bond motifs is 1. The molecule has 1 aliphatic heterocycles. The van der Waals surface area contributed by atoms with Crippen molar-refractivity contribution in [1.82, 2.24) is 5.32 Å². The lowest BCUT2D eigenvalue weighted by Gasteiger charge is -2.11. The molecule has 0 bridgehead atoms. The number of methoxy groups -OCH3 is 1. The molecule has 3 rings (SSSR count). The van der Waals surface area contributed by atoms with Crippen molar-refractivity contribution in [3.8, 4) is 16.9 Å². The Bertz CT molecular complexity index is 738. The van der Waals surface area contributed by atoms with Gasteiger partial charge in [0.1, 0.15) is 5.75 Å². The first-order valence-corrected chi connectivity index (χ1v) is 6.04. The van der Waals surface area contributed by atoms with E-state index < -0.39 is 5.91 Å². The summed E-state index contributed by atoms with van der Waals surface area (Å²) in [7, 11) is 1.55. The molecule has 2 amide bonds. The van der Waals surface area contributed by atoms with Crippen LogP contribution in [0.25, 0.3) is 11.1 Å². The Morgan fingerprint density at radius 3 is 2.50 bits per heavy atom. The number of anilines is 1. The molecule has 0 radical (unpaired) electrons. The van der Waals surface area contributed by atoms with Crippen LogP contribution in [0, 0.1) is 0 Å². The highest BCUT2D eigenvalue weighted by Gasteiger charge is 2.30. The molecule has 0 atom stereocenters. The fraction of sp³-hybridized carbons (Fsp3) is 0.0667. The minimum Gasteiger partial charge on any atom is -0.496 e. The maximum Gasteiger partial charge on any atom is 0.259 e. The van der Waals surface area contributed by atoms with E-state index in [-0.39, 0.29) is 5.91 Å². The highest BCUT2D eigenvalue weighted by molar-refractivity contribution is 6.24. The summed E-state index contributed by atoms with van der Waals surface area (Å²) >= 11 is 0. The standard InChI is InChI=1S/C15H12N2O3/c1-20-12-6-5-8(16)7-11(12)9-3-2-4-10-13(9)15(19)17-14(10)18/h2-7H,16H2,1H3,(H,17,18,19). The number of rotatable bonds is 2. The first kappa shape index (κ1) is 12.2. The topological polar surface area (TPSA) is 81.4 Å². The van der Waals surface area contributed by atoms with Gasteiger partial charge in [0.15, 0.2) is 0 Å². The van der Waals surface area contributed by atoms with Crippen LogP contribution in [0.5, 0.6) is 5.75 Å². The number of hydrogen-bond acceptors (Lipinski definition) is 4. The third-order valence-electron chi connectivity index (χ3n) is 3.28. The number of nitrogen functional groups attached to an aromatic ring is 1. The van der Waals surface area contributed by atoms with E-state index in [4.69, 9.17) is 10.5 Å². The van der Waals surface area contributed by atoms with Crippen LogP contribution in [0.4, 0.5) is 5.69 Å². The van der Waals surface area contributed by atoms with Gasteiger partial charge in [-0.1, -0.05) is 12.1 Å². The van der Waals surface area contributed by atoms with Crippen molar-refractivity contribution in [3.05, 3.63) is 47.5 Å². The Balaban J connectivity index is 2.30. The molecule has 5 nitrogen and oxygen atoms in total. The van der Waals surface area contributed by atoms with Crippen molar-refractivity contribution in [1.29, 1.82) is 0 Å². The van der Waals surface area contributed by atoms with Crippen molar-refractivity contribution >= 4 is 17.5 Å². The molecule has 0 unspecified atom stereocenters. The Hall–Kier alpha value is -2.82. The van der Waals surface area contributed by atoms with Crippen LogP contribution in [0.3, 0.4) is 0 Å². The van der Waals surface area contributed by atoms with Gasteiger partial charge in [-0.3, -0.25) is 14.9 Å². The van der Waals surface area contributed by atoms with Crippen LogP contribution in [0.2, 0.25) is 0 Å². The second kappa shape index (κ2) is 4.38. The van der Waals surface area contributed by atoms with Gasteiger partial charge in [-0.25, -0.2) is 0 Å². The van der Waals surface area contributed by atoms with Crippen LogP contribution in [-0.2, 0) is 0 Å². The highest BCUT2D eigenvalue weighted by Crippen LogP contribution is 2.36. The summed E-state index contributed by atoms with van der Waals surface area (Å²) in [6, 6.07) is 10.3. The van der Waals surface area contributed by atoms with Gasteiger partial charge >= 0.3 is 0 Å². The van der Waals surface area contributed by atoms with Crippen molar-refractivity contribution in [2.75, 3.05) is 12.8 Å². The van der Waals surface area contributed by atoms with Crippen molar-refractivity contribution < 1.29 is 14.3 Å². The molecule has 1 heterocycles. The van der Waals surface area contributed by atoms with E-state index in [0.29, 0.717) is 33.7 Å². The smallest absolute Gasteiger partial charge is 0.259 e. The molecule has 0 aliphatic carbocycles. The Morgan fingerprint density at radius 1 is 1.00 bits per heavy atom. The van der Waals surface area contributed by atoms with Gasteiger partial charge in [0.25, 0.3) is 11.8 Å². The summed E-state index contributed by atoms with van der Waals surface area (Å²) in [6.07, 6.45) is 0. The third kappa shape index (κ3) is 1.72. The second-order valence-corrected chi connectivity index (χ2v) is 4.47. The van der Waals surface area contributed by atoms with Crippen molar-refractivity contribution in [2.45, 2.75) is 0 Å². The Kier molecular flexibility index (Phi) is 2.68. The monoisotopic (exact) mass is 268 g/mol. The number of ether oxygens (including phenoxy) is 1. The molecule has 0 spiro atoms. The number of amides is 2. The van der Waals surface area contributed by atoms with E-state index in [1.807, 2.05) is 0 Å². The van der Waals surface area contributed by atoms with E-state index in [9.17, 15) is 9.59 Å². The summed E-state index contributed by atoms with van der Waals surface area (Å²) in [6.45, 7) is 0. The number of nitrogens with two attached hydrogens (primary N) is 1. The Labute approximate surface area is 115 Å². The van der Waals surface area contributed by atoms with Crippen LogP contribution in [-0.4, -0.2) is 18.9 Å². The number of imide groups is 1. The first-order valence-electron chi connectivity index (χ1n) is 6.04. The SMILES string of the molecule is COc1ccc(N)cc1-c1cccc2c1C(=O)NC2=O. The molecule has 20 heavy (non-hydrogen) atoms. The molecular weight excluding hydrogens is 256 g/mol. The van der Waals surface area contributed by atoms with E-state index >= 15 is 0 Å². The second-order valence-electron chi connectivity index (χ2n) is 4.47. The first-order chi connectivity index (χ1) is 9.61. The summed E-state index contributed by atoms with van der Waals surface area (Å²) < 4.78 is 5.30. The number of carbonyl (C=O) groups is 2. The summed E-state index contributed by atoms with van der Waals surface area (Å²) in [5.74, 6) is -0.181. The normalized spacial score (nSPS) is 13.1. The lowest BCUT2D eigenvalue weighted by atomic mass is 9.95. The molecule has 5 heteroatoms. The molecule has 0 saturated carbocycles. The molecule has 0 aromatic heterocycles. The maximum atomic E-state index is 12.0. The number of benzene rings is 2. The zero-order chi connectivity index (χ0) is 14.3.